The second-order valence-corrected chi connectivity index (χ2v) is 6.30. The highest BCUT2D eigenvalue weighted by Gasteiger charge is 2.13. The third-order valence-electron chi connectivity index (χ3n) is 4.28. The molecule has 130 valence electrons. The Balaban J connectivity index is 1.58. The normalized spacial score (nSPS) is 12.5. The summed E-state index contributed by atoms with van der Waals surface area (Å²) in [6.07, 6.45) is 5.49. The molecule has 0 amide bonds. The Morgan fingerprint density at radius 2 is 1.80 bits per heavy atom. The van der Waals surface area contributed by atoms with E-state index in [4.69, 9.17) is 0 Å². The molecule has 1 heterocycles. The summed E-state index contributed by atoms with van der Waals surface area (Å²) in [4.78, 5) is 6.20. The number of halogens is 1. The molecule has 1 N–H and O–H groups in total. The van der Waals surface area contributed by atoms with E-state index in [1.165, 1.54) is 17.7 Å². The van der Waals surface area contributed by atoms with Crippen molar-refractivity contribution in [2.24, 2.45) is 0 Å². The fraction of sp³-hybridized carbons (Fsp3) is 0.250. The van der Waals surface area contributed by atoms with Gasteiger partial charge in [0.15, 0.2) is 0 Å². The fourth-order valence-electron chi connectivity index (χ4n) is 2.83. The van der Waals surface area contributed by atoms with Gasteiger partial charge in [-0.05, 0) is 49.5 Å². The predicted molar refractivity (Wildman–Crippen MR) is 98.1 cm³/mol. The molecule has 5 heteroatoms. The van der Waals surface area contributed by atoms with Crippen LogP contribution in [0.15, 0.2) is 67.3 Å². The number of nitrogens with zero attached hydrogens (tertiary/aromatic N) is 3. The van der Waals surface area contributed by atoms with Gasteiger partial charge in [0.25, 0.3) is 0 Å². The number of rotatable bonds is 7. The minimum absolute atomic E-state index is 0.200. The van der Waals surface area contributed by atoms with E-state index >= 15 is 0 Å². The molecule has 0 saturated heterocycles. The number of hydrogen-bond donors (Lipinski definition) is 1. The van der Waals surface area contributed by atoms with Crippen LogP contribution in [0.3, 0.4) is 0 Å². The highest BCUT2D eigenvalue weighted by molar-refractivity contribution is 5.34. The van der Waals surface area contributed by atoms with E-state index < -0.39 is 0 Å². The summed E-state index contributed by atoms with van der Waals surface area (Å²) in [6.45, 7) is 1.58. The summed E-state index contributed by atoms with van der Waals surface area (Å²) in [5, 5.41) is 3.50. The SMILES string of the molecule is CN(C)C(CNCc1ccc(-n2ccnc2)cc1)c1ccc(F)cc1. The summed E-state index contributed by atoms with van der Waals surface area (Å²) >= 11 is 0. The second kappa shape index (κ2) is 8.05. The largest absolute Gasteiger partial charge is 0.311 e. The molecule has 0 fully saturated rings. The van der Waals surface area contributed by atoms with Crippen LogP contribution >= 0.6 is 0 Å². The van der Waals surface area contributed by atoms with E-state index in [0.29, 0.717) is 0 Å². The lowest BCUT2D eigenvalue weighted by atomic mass is 10.1. The zero-order valence-corrected chi connectivity index (χ0v) is 14.6. The molecule has 2 aromatic carbocycles. The van der Waals surface area contributed by atoms with Crippen LogP contribution in [0.1, 0.15) is 17.2 Å². The van der Waals surface area contributed by atoms with Crippen LogP contribution in [-0.2, 0) is 6.54 Å². The number of likely N-dealkylation sites (N-methyl/N-ethyl adjacent to an activating group) is 1. The quantitative estimate of drug-likeness (QED) is 0.717. The minimum atomic E-state index is -0.202. The molecule has 1 aromatic heterocycles. The molecule has 4 nitrogen and oxygen atoms in total. The van der Waals surface area contributed by atoms with Crippen LogP contribution in [0, 0.1) is 5.82 Å². The van der Waals surface area contributed by atoms with Crippen molar-refractivity contribution in [3.8, 4) is 5.69 Å². The zero-order chi connectivity index (χ0) is 17.6. The highest BCUT2D eigenvalue weighted by atomic mass is 19.1. The molecule has 0 aliphatic carbocycles. The van der Waals surface area contributed by atoms with Gasteiger partial charge in [-0.2, -0.15) is 0 Å². The Bertz CT molecular complexity index is 764. The van der Waals surface area contributed by atoms with Crippen molar-refractivity contribution in [1.29, 1.82) is 0 Å². The lowest BCUT2D eigenvalue weighted by Gasteiger charge is -2.25. The summed E-state index contributed by atoms with van der Waals surface area (Å²) in [5.41, 5.74) is 3.42. The third-order valence-corrected chi connectivity index (χ3v) is 4.28. The number of aromatic nitrogens is 2. The lowest BCUT2D eigenvalue weighted by Crippen LogP contribution is -2.30. The van der Waals surface area contributed by atoms with E-state index in [9.17, 15) is 4.39 Å². The number of imidazole rings is 1. The van der Waals surface area contributed by atoms with Gasteiger partial charge in [-0.25, -0.2) is 9.37 Å². The molecule has 3 rings (SSSR count). The van der Waals surface area contributed by atoms with Crippen molar-refractivity contribution < 1.29 is 4.39 Å². The molecule has 0 radical (unpaired) electrons. The van der Waals surface area contributed by atoms with Gasteiger partial charge in [0, 0.05) is 37.2 Å². The fourth-order valence-corrected chi connectivity index (χ4v) is 2.83. The minimum Gasteiger partial charge on any atom is -0.311 e. The van der Waals surface area contributed by atoms with Gasteiger partial charge in [0.05, 0.1) is 6.33 Å². The van der Waals surface area contributed by atoms with E-state index in [2.05, 4.69) is 39.5 Å². The van der Waals surface area contributed by atoms with Gasteiger partial charge >= 0.3 is 0 Å². The first-order chi connectivity index (χ1) is 12.1. The summed E-state index contributed by atoms with van der Waals surface area (Å²) < 4.78 is 15.1. The van der Waals surface area contributed by atoms with Crippen molar-refractivity contribution in [1.82, 2.24) is 19.8 Å². The molecule has 1 unspecified atom stereocenters. The molecule has 1 atom stereocenters. The topological polar surface area (TPSA) is 33.1 Å². The number of hydrogen-bond acceptors (Lipinski definition) is 3. The Hall–Kier alpha value is -2.50. The van der Waals surface area contributed by atoms with E-state index in [-0.39, 0.29) is 11.9 Å². The zero-order valence-electron chi connectivity index (χ0n) is 14.6. The number of benzene rings is 2. The molecule has 3 aromatic rings. The van der Waals surface area contributed by atoms with Crippen LogP contribution in [0.25, 0.3) is 5.69 Å². The molecular weight excluding hydrogens is 315 g/mol. The van der Waals surface area contributed by atoms with Crippen LogP contribution in [-0.4, -0.2) is 35.1 Å². The summed E-state index contributed by atoms with van der Waals surface area (Å²) in [7, 11) is 4.07. The van der Waals surface area contributed by atoms with Crippen molar-refractivity contribution in [3.05, 3.63) is 84.2 Å². The smallest absolute Gasteiger partial charge is 0.123 e. The van der Waals surface area contributed by atoms with Gasteiger partial charge in [-0.3, -0.25) is 0 Å². The average molecular weight is 338 g/mol. The van der Waals surface area contributed by atoms with Crippen molar-refractivity contribution in [2.75, 3.05) is 20.6 Å². The first-order valence-electron chi connectivity index (χ1n) is 8.33. The summed E-state index contributed by atoms with van der Waals surface area (Å²) in [6, 6.07) is 15.3. The monoisotopic (exact) mass is 338 g/mol. The molecular formula is C20H23FN4. The van der Waals surface area contributed by atoms with E-state index in [1.807, 2.05) is 37.0 Å². The Labute approximate surface area is 147 Å². The molecule has 0 saturated carbocycles. The molecule has 0 aliphatic heterocycles. The molecule has 25 heavy (non-hydrogen) atoms. The van der Waals surface area contributed by atoms with Gasteiger partial charge < -0.3 is 14.8 Å². The first-order valence-corrected chi connectivity index (χ1v) is 8.33. The van der Waals surface area contributed by atoms with Crippen molar-refractivity contribution in [3.63, 3.8) is 0 Å². The van der Waals surface area contributed by atoms with Crippen LogP contribution in [0.4, 0.5) is 4.39 Å². The van der Waals surface area contributed by atoms with E-state index in [1.54, 1.807) is 12.5 Å². The maximum absolute atomic E-state index is 13.1. The molecule has 0 aliphatic rings. The predicted octanol–water partition coefficient (Wildman–Crippen LogP) is 3.40. The molecule has 0 spiro atoms. The van der Waals surface area contributed by atoms with Gasteiger partial charge in [0.2, 0.25) is 0 Å². The Kier molecular flexibility index (Phi) is 5.58. The number of nitrogens with one attached hydrogen (secondary N) is 1. The average Bonchev–Trinajstić information content (AvgIpc) is 3.15. The van der Waals surface area contributed by atoms with Gasteiger partial charge in [-0.1, -0.05) is 24.3 Å². The van der Waals surface area contributed by atoms with Crippen LogP contribution < -0.4 is 5.32 Å². The van der Waals surface area contributed by atoms with Gasteiger partial charge in [0.1, 0.15) is 5.82 Å². The van der Waals surface area contributed by atoms with Gasteiger partial charge in [-0.15, -0.1) is 0 Å². The standard InChI is InChI=1S/C20H23FN4/c1-24(2)20(17-5-7-18(21)8-6-17)14-23-13-16-3-9-19(10-4-16)25-12-11-22-15-25/h3-12,15,20,23H,13-14H2,1-2H3. The summed E-state index contributed by atoms with van der Waals surface area (Å²) in [5.74, 6) is -0.202. The van der Waals surface area contributed by atoms with Crippen molar-refractivity contribution in [2.45, 2.75) is 12.6 Å². The van der Waals surface area contributed by atoms with Crippen LogP contribution in [0.5, 0.6) is 0 Å². The Morgan fingerprint density at radius 3 is 2.40 bits per heavy atom. The van der Waals surface area contributed by atoms with Crippen molar-refractivity contribution >= 4 is 0 Å². The Morgan fingerprint density at radius 1 is 1.08 bits per heavy atom. The first kappa shape index (κ1) is 17.3. The third kappa shape index (κ3) is 4.53. The second-order valence-electron chi connectivity index (χ2n) is 6.30. The highest BCUT2D eigenvalue weighted by Crippen LogP contribution is 2.18. The maximum atomic E-state index is 13.1. The molecule has 0 bridgehead atoms. The van der Waals surface area contributed by atoms with E-state index in [0.717, 1.165) is 24.3 Å². The lowest BCUT2D eigenvalue weighted by molar-refractivity contribution is 0.288. The maximum Gasteiger partial charge on any atom is 0.123 e. The van der Waals surface area contributed by atoms with Crippen LogP contribution in [0.2, 0.25) is 0 Å².